The average molecular weight is 522 g/mol. The van der Waals surface area contributed by atoms with E-state index < -0.39 is 9.84 Å². The van der Waals surface area contributed by atoms with E-state index in [-0.39, 0.29) is 24.0 Å². The molecule has 0 radical (unpaired) electrons. The molecule has 1 atom stereocenters. The second-order valence-electron chi connectivity index (χ2n) is 7.74. The first-order valence-electron chi connectivity index (χ1n) is 10.2. The van der Waals surface area contributed by atoms with E-state index in [0.29, 0.717) is 17.5 Å². The predicted molar refractivity (Wildman–Crippen MR) is 128 cm³/mol. The molecular weight excluding hydrogens is 485 g/mol. The molecule has 1 aromatic carbocycles. The molecular formula is C21H36IN3O2S. The van der Waals surface area contributed by atoms with Crippen molar-refractivity contribution >= 4 is 39.8 Å². The zero-order valence-corrected chi connectivity index (χ0v) is 20.6. The topological polar surface area (TPSA) is 70.6 Å². The van der Waals surface area contributed by atoms with Crippen molar-refractivity contribution in [2.45, 2.75) is 76.3 Å². The van der Waals surface area contributed by atoms with Gasteiger partial charge in [0.25, 0.3) is 0 Å². The van der Waals surface area contributed by atoms with Crippen LogP contribution in [0.5, 0.6) is 0 Å². The Morgan fingerprint density at radius 3 is 2.39 bits per heavy atom. The molecule has 1 fully saturated rings. The van der Waals surface area contributed by atoms with Crippen molar-refractivity contribution in [3.05, 3.63) is 29.8 Å². The van der Waals surface area contributed by atoms with E-state index in [1.165, 1.54) is 44.8 Å². The molecule has 160 valence electrons. The quantitative estimate of drug-likeness (QED) is 0.300. The van der Waals surface area contributed by atoms with Gasteiger partial charge in [-0.15, -0.1) is 24.0 Å². The lowest BCUT2D eigenvalue weighted by Crippen LogP contribution is -2.42. The molecule has 0 amide bonds. The van der Waals surface area contributed by atoms with Crippen LogP contribution in [0.1, 0.15) is 64.4 Å². The van der Waals surface area contributed by atoms with Gasteiger partial charge in [0.1, 0.15) is 0 Å². The van der Waals surface area contributed by atoms with Gasteiger partial charge in [0.05, 0.1) is 11.4 Å². The van der Waals surface area contributed by atoms with Crippen molar-refractivity contribution in [2.24, 2.45) is 10.9 Å². The Bertz CT molecular complexity index is 699. The zero-order valence-electron chi connectivity index (χ0n) is 17.4. The Hall–Kier alpha value is -0.830. The summed E-state index contributed by atoms with van der Waals surface area (Å²) in [5, 5.41) is 6.81. The molecule has 0 bridgehead atoms. The van der Waals surface area contributed by atoms with Crippen molar-refractivity contribution < 1.29 is 8.42 Å². The predicted octanol–water partition coefficient (Wildman–Crippen LogP) is 4.51. The van der Waals surface area contributed by atoms with E-state index in [2.05, 4.69) is 29.5 Å². The summed E-state index contributed by atoms with van der Waals surface area (Å²) in [6.07, 6.45) is 10.7. The molecule has 0 spiro atoms. The maximum Gasteiger partial charge on any atom is 0.191 e. The number of guanidine groups is 1. The van der Waals surface area contributed by atoms with Gasteiger partial charge in [-0.2, -0.15) is 0 Å². The summed E-state index contributed by atoms with van der Waals surface area (Å²) in [5.41, 5.74) is 0.995. The molecule has 28 heavy (non-hydrogen) atoms. The number of nitrogens with one attached hydrogen (secondary N) is 2. The van der Waals surface area contributed by atoms with E-state index >= 15 is 0 Å². The normalized spacial score (nSPS) is 16.9. The molecule has 1 aliphatic carbocycles. The van der Waals surface area contributed by atoms with Crippen LogP contribution >= 0.6 is 24.0 Å². The highest BCUT2D eigenvalue weighted by atomic mass is 127. The van der Waals surface area contributed by atoms with Crippen LogP contribution in [0, 0.1) is 5.92 Å². The maximum absolute atomic E-state index is 11.5. The number of rotatable bonds is 8. The largest absolute Gasteiger partial charge is 0.357 e. The molecule has 1 unspecified atom stereocenters. The maximum atomic E-state index is 11.5. The van der Waals surface area contributed by atoms with E-state index in [0.717, 1.165) is 30.4 Å². The Labute approximate surface area is 188 Å². The molecule has 5 nitrogen and oxygen atoms in total. The Morgan fingerprint density at radius 1 is 1.18 bits per heavy atom. The summed E-state index contributed by atoms with van der Waals surface area (Å²) < 4.78 is 23.1. The van der Waals surface area contributed by atoms with Crippen LogP contribution in [0.2, 0.25) is 0 Å². The summed E-state index contributed by atoms with van der Waals surface area (Å²) in [7, 11) is -3.15. The van der Waals surface area contributed by atoms with Crippen LogP contribution in [-0.4, -0.2) is 33.2 Å². The molecule has 0 heterocycles. The summed E-state index contributed by atoms with van der Waals surface area (Å²) in [6, 6.07) is 7.34. The molecule has 0 aliphatic heterocycles. The third kappa shape index (κ3) is 9.11. The smallest absolute Gasteiger partial charge is 0.191 e. The van der Waals surface area contributed by atoms with Crippen LogP contribution in [0.25, 0.3) is 0 Å². The highest BCUT2D eigenvalue weighted by Gasteiger charge is 2.15. The number of hydrogen-bond acceptors (Lipinski definition) is 3. The molecule has 1 aliphatic rings. The van der Waals surface area contributed by atoms with Crippen molar-refractivity contribution in [1.82, 2.24) is 10.6 Å². The van der Waals surface area contributed by atoms with Gasteiger partial charge in [-0.1, -0.05) is 44.2 Å². The van der Waals surface area contributed by atoms with E-state index in [1.807, 2.05) is 12.1 Å². The minimum absolute atomic E-state index is 0. The summed E-state index contributed by atoms with van der Waals surface area (Å²) in [6.45, 7) is 5.62. The molecule has 0 saturated heterocycles. The number of nitrogens with zero attached hydrogens (tertiary/aromatic N) is 1. The van der Waals surface area contributed by atoms with E-state index in [4.69, 9.17) is 0 Å². The second-order valence-corrected chi connectivity index (χ2v) is 9.75. The summed E-state index contributed by atoms with van der Waals surface area (Å²) >= 11 is 0. The van der Waals surface area contributed by atoms with Crippen LogP contribution in [0.4, 0.5) is 0 Å². The van der Waals surface area contributed by atoms with Crippen LogP contribution in [-0.2, 0) is 16.4 Å². The van der Waals surface area contributed by atoms with E-state index in [9.17, 15) is 8.42 Å². The first-order valence-corrected chi connectivity index (χ1v) is 12.1. The SMILES string of the molecule is CCNC(=NCc1ccc(S(C)(=O)=O)cc1)NC(C)CCC1CCCCC1.I. The molecule has 2 N–H and O–H groups in total. The molecule has 1 saturated carbocycles. The van der Waals surface area contributed by atoms with Crippen LogP contribution in [0.15, 0.2) is 34.2 Å². The van der Waals surface area contributed by atoms with Gasteiger partial charge in [0.15, 0.2) is 15.8 Å². The van der Waals surface area contributed by atoms with Crippen molar-refractivity contribution in [3.8, 4) is 0 Å². The average Bonchev–Trinajstić information content (AvgIpc) is 2.65. The lowest BCUT2D eigenvalue weighted by Gasteiger charge is -2.24. The summed E-state index contributed by atoms with van der Waals surface area (Å²) in [4.78, 5) is 5.00. The third-order valence-corrected chi connectivity index (χ3v) is 6.36. The Morgan fingerprint density at radius 2 is 1.82 bits per heavy atom. The monoisotopic (exact) mass is 521 g/mol. The first kappa shape index (κ1) is 25.2. The number of aliphatic imine (C=N–C) groups is 1. The number of benzene rings is 1. The van der Waals surface area contributed by atoms with Crippen LogP contribution in [0.3, 0.4) is 0 Å². The third-order valence-electron chi connectivity index (χ3n) is 5.23. The van der Waals surface area contributed by atoms with Crippen LogP contribution < -0.4 is 10.6 Å². The minimum atomic E-state index is -3.15. The summed E-state index contributed by atoms with van der Waals surface area (Å²) in [5.74, 6) is 1.72. The highest BCUT2D eigenvalue weighted by molar-refractivity contribution is 14.0. The fraction of sp³-hybridized carbons (Fsp3) is 0.667. The lowest BCUT2D eigenvalue weighted by molar-refractivity contribution is 0.322. The van der Waals surface area contributed by atoms with Gasteiger partial charge in [0.2, 0.25) is 0 Å². The Balaban J connectivity index is 0.00000392. The standard InChI is InChI=1S/C21H35N3O2S.HI/c1-4-22-21(24-17(2)10-11-18-8-6-5-7-9-18)23-16-19-12-14-20(15-13-19)27(3,25)26;/h12-15,17-18H,4-11,16H2,1-3H3,(H2,22,23,24);1H. The number of halogens is 1. The van der Waals surface area contributed by atoms with Gasteiger partial charge in [-0.3, -0.25) is 0 Å². The van der Waals surface area contributed by atoms with Gasteiger partial charge in [-0.05, 0) is 50.3 Å². The molecule has 2 rings (SSSR count). The van der Waals surface area contributed by atoms with E-state index in [1.54, 1.807) is 12.1 Å². The number of hydrogen-bond donors (Lipinski definition) is 2. The molecule has 7 heteroatoms. The van der Waals surface area contributed by atoms with Gasteiger partial charge < -0.3 is 10.6 Å². The number of sulfone groups is 1. The fourth-order valence-corrected chi connectivity index (χ4v) is 4.23. The lowest BCUT2D eigenvalue weighted by atomic mass is 9.85. The zero-order chi connectivity index (χ0) is 19.7. The van der Waals surface area contributed by atoms with Crippen molar-refractivity contribution in [1.29, 1.82) is 0 Å². The second kappa shape index (κ2) is 12.7. The first-order chi connectivity index (χ1) is 12.9. The van der Waals surface area contributed by atoms with Crippen molar-refractivity contribution in [2.75, 3.05) is 12.8 Å². The van der Waals surface area contributed by atoms with Gasteiger partial charge >= 0.3 is 0 Å². The Kier molecular flexibility index (Phi) is 11.4. The molecule has 0 aromatic heterocycles. The van der Waals surface area contributed by atoms with Crippen molar-refractivity contribution in [3.63, 3.8) is 0 Å². The fourth-order valence-electron chi connectivity index (χ4n) is 3.60. The molecule has 1 aromatic rings. The highest BCUT2D eigenvalue weighted by Crippen LogP contribution is 2.27. The van der Waals surface area contributed by atoms with Gasteiger partial charge in [0, 0.05) is 18.8 Å². The van der Waals surface area contributed by atoms with Gasteiger partial charge in [-0.25, -0.2) is 13.4 Å². The minimum Gasteiger partial charge on any atom is -0.357 e.